The molecular weight excluding hydrogens is 244 g/mol. The van der Waals surface area contributed by atoms with Gasteiger partial charge in [0.2, 0.25) is 5.91 Å². The summed E-state index contributed by atoms with van der Waals surface area (Å²) >= 11 is 0. The fraction of sp³-hybridized carbons (Fsp3) is 0.357. The Kier molecular flexibility index (Phi) is 3.38. The van der Waals surface area contributed by atoms with Crippen LogP contribution in [0.15, 0.2) is 24.3 Å². The minimum atomic E-state index is -1.03. The summed E-state index contributed by atoms with van der Waals surface area (Å²) in [4.78, 5) is 26.5. The highest BCUT2D eigenvalue weighted by molar-refractivity contribution is 5.94. The number of rotatable bonds is 4. The summed E-state index contributed by atoms with van der Waals surface area (Å²) in [7, 11) is 0. The third kappa shape index (κ3) is 3.40. The lowest BCUT2D eigenvalue weighted by Gasteiger charge is -2.06. The van der Waals surface area contributed by atoms with Gasteiger partial charge in [0.1, 0.15) is 5.82 Å². The highest BCUT2D eigenvalue weighted by atomic mass is 16.4. The predicted octanol–water partition coefficient (Wildman–Crippen LogP) is 2.16. The van der Waals surface area contributed by atoms with Crippen molar-refractivity contribution in [2.24, 2.45) is 11.3 Å². The lowest BCUT2D eigenvalue weighted by molar-refractivity contribution is -0.131. The van der Waals surface area contributed by atoms with Gasteiger partial charge < -0.3 is 10.4 Å². The molecule has 1 fully saturated rings. The van der Waals surface area contributed by atoms with E-state index in [1.54, 1.807) is 18.2 Å². The maximum Gasteiger partial charge on any atom is 0.328 e. The normalized spacial score (nSPS) is 20.2. The molecule has 1 heterocycles. The molecular formula is C14H16N2O3. The van der Waals surface area contributed by atoms with E-state index in [1.165, 1.54) is 6.08 Å². The van der Waals surface area contributed by atoms with Crippen molar-refractivity contribution < 1.29 is 14.7 Å². The summed E-state index contributed by atoms with van der Waals surface area (Å²) in [5, 5.41) is 11.3. The second kappa shape index (κ2) is 4.84. The van der Waals surface area contributed by atoms with Crippen LogP contribution in [0.3, 0.4) is 0 Å². The Balaban J connectivity index is 2.03. The van der Waals surface area contributed by atoms with Gasteiger partial charge in [-0.15, -0.1) is 0 Å². The number of pyridine rings is 1. The van der Waals surface area contributed by atoms with E-state index in [4.69, 9.17) is 5.11 Å². The number of aliphatic carboxylic acids is 1. The van der Waals surface area contributed by atoms with E-state index >= 15 is 0 Å². The van der Waals surface area contributed by atoms with E-state index < -0.39 is 5.97 Å². The van der Waals surface area contributed by atoms with E-state index in [2.05, 4.69) is 24.1 Å². The molecule has 1 aromatic rings. The van der Waals surface area contributed by atoms with E-state index in [-0.39, 0.29) is 17.2 Å². The van der Waals surface area contributed by atoms with Crippen molar-refractivity contribution in [1.82, 2.24) is 4.98 Å². The van der Waals surface area contributed by atoms with Gasteiger partial charge in [-0.05, 0) is 30.0 Å². The van der Waals surface area contributed by atoms with Crippen LogP contribution in [-0.2, 0) is 9.59 Å². The first kappa shape index (κ1) is 13.3. The van der Waals surface area contributed by atoms with Crippen molar-refractivity contribution in [3.63, 3.8) is 0 Å². The summed E-state index contributed by atoms with van der Waals surface area (Å²) in [6.07, 6.45) is 3.29. The molecule has 1 aromatic heterocycles. The molecule has 2 rings (SSSR count). The van der Waals surface area contributed by atoms with Crippen molar-refractivity contribution in [1.29, 1.82) is 0 Å². The zero-order valence-corrected chi connectivity index (χ0v) is 10.9. The van der Waals surface area contributed by atoms with Gasteiger partial charge in [0.15, 0.2) is 0 Å². The van der Waals surface area contributed by atoms with Crippen molar-refractivity contribution in [2.45, 2.75) is 20.3 Å². The number of anilines is 1. The Morgan fingerprint density at radius 1 is 1.47 bits per heavy atom. The molecule has 0 aromatic carbocycles. The van der Waals surface area contributed by atoms with Crippen LogP contribution in [0.25, 0.3) is 6.08 Å². The summed E-state index contributed by atoms with van der Waals surface area (Å²) in [5.74, 6) is -0.583. The Bertz CT molecular complexity index is 549. The van der Waals surface area contributed by atoms with Crippen LogP contribution in [0.2, 0.25) is 0 Å². The van der Waals surface area contributed by atoms with Gasteiger partial charge in [-0.3, -0.25) is 4.79 Å². The first-order valence-corrected chi connectivity index (χ1v) is 6.07. The molecule has 0 saturated heterocycles. The van der Waals surface area contributed by atoms with Gasteiger partial charge >= 0.3 is 5.97 Å². The summed E-state index contributed by atoms with van der Waals surface area (Å²) in [6, 6.07) is 5.09. The Morgan fingerprint density at radius 3 is 2.74 bits per heavy atom. The third-order valence-corrected chi connectivity index (χ3v) is 3.25. The molecule has 1 amide bonds. The fourth-order valence-corrected chi connectivity index (χ4v) is 1.90. The van der Waals surface area contributed by atoms with Crippen LogP contribution in [0.5, 0.6) is 0 Å². The molecule has 1 saturated carbocycles. The number of carbonyl (C=O) groups excluding carboxylic acids is 1. The molecule has 100 valence electrons. The van der Waals surface area contributed by atoms with Gasteiger partial charge in [0, 0.05) is 12.0 Å². The minimum absolute atomic E-state index is 0.0307. The average Bonchev–Trinajstić information content (AvgIpc) is 2.96. The molecule has 19 heavy (non-hydrogen) atoms. The number of nitrogens with zero attached hydrogens (tertiary/aromatic N) is 1. The average molecular weight is 260 g/mol. The molecule has 0 radical (unpaired) electrons. The van der Waals surface area contributed by atoms with Crippen LogP contribution < -0.4 is 5.32 Å². The number of hydrogen-bond donors (Lipinski definition) is 2. The Hall–Kier alpha value is -2.17. The lowest BCUT2D eigenvalue weighted by Crippen LogP contribution is -2.17. The Labute approximate surface area is 111 Å². The molecule has 0 spiro atoms. The molecule has 1 atom stereocenters. The van der Waals surface area contributed by atoms with Crippen molar-refractivity contribution in [3.05, 3.63) is 30.0 Å². The van der Waals surface area contributed by atoms with Gasteiger partial charge in [-0.25, -0.2) is 9.78 Å². The summed E-state index contributed by atoms with van der Waals surface area (Å²) < 4.78 is 0. The second-order valence-corrected chi connectivity index (χ2v) is 5.35. The highest BCUT2D eigenvalue weighted by Crippen LogP contribution is 2.51. The zero-order chi connectivity index (χ0) is 14.0. The van der Waals surface area contributed by atoms with Crippen molar-refractivity contribution >= 4 is 23.8 Å². The van der Waals surface area contributed by atoms with Crippen molar-refractivity contribution in [3.8, 4) is 0 Å². The SMILES string of the molecule is CC1(C)CC1C(=O)Nc1cccc(/C=C/C(=O)O)n1. The largest absolute Gasteiger partial charge is 0.478 e. The van der Waals surface area contributed by atoms with Gasteiger partial charge in [-0.2, -0.15) is 0 Å². The first-order chi connectivity index (χ1) is 8.88. The topological polar surface area (TPSA) is 79.3 Å². The summed E-state index contributed by atoms with van der Waals surface area (Å²) in [6.45, 7) is 4.10. The van der Waals surface area contributed by atoms with Crippen LogP contribution >= 0.6 is 0 Å². The molecule has 2 N–H and O–H groups in total. The molecule has 1 unspecified atom stereocenters. The van der Waals surface area contributed by atoms with Crippen LogP contribution in [0.4, 0.5) is 5.82 Å². The standard InChI is InChI=1S/C14H16N2O3/c1-14(2)8-10(14)13(19)16-11-5-3-4-9(15-11)6-7-12(17)18/h3-7,10H,8H2,1-2H3,(H,17,18)(H,15,16,19)/b7-6+. The first-order valence-electron chi connectivity index (χ1n) is 6.07. The van der Waals surface area contributed by atoms with E-state index in [1.807, 2.05) is 0 Å². The molecule has 5 nitrogen and oxygen atoms in total. The van der Waals surface area contributed by atoms with Crippen LogP contribution in [-0.4, -0.2) is 22.0 Å². The fourth-order valence-electron chi connectivity index (χ4n) is 1.90. The number of amides is 1. The Morgan fingerprint density at radius 2 is 2.16 bits per heavy atom. The molecule has 1 aliphatic rings. The van der Waals surface area contributed by atoms with Gasteiger partial charge in [0.25, 0.3) is 0 Å². The molecule has 1 aliphatic carbocycles. The van der Waals surface area contributed by atoms with E-state index in [0.29, 0.717) is 11.5 Å². The highest BCUT2D eigenvalue weighted by Gasteiger charge is 2.50. The maximum atomic E-state index is 11.9. The molecule has 5 heteroatoms. The number of hydrogen-bond acceptors (Lipinski definition) is 3. The lowest BCUT2D eigenvalue weighted by atomic mass is 10.1. The number of nitrogens with one attached hydrogen (secondary N) is 1. The van der Waals surface area contributed by atoms with Gasteiger partial charge in [-0.1, -0.05) is 19.9 Å². The smallest absolute Gasteiger partial charge is 0.328 e. The maximum absolute atomic E-state index is 11.9. The van der Waals surface area contributed by atoms with Crippen molar-refractivity contribution in [2.75, 3.05) is 5.32 Å². The number of carboxylic acids is 1. The van der Waals surface area contributed by atoms with E-state index in [9.17, 15) is 9.59 Å². The van der Waals surface area contributed by atoms with Crippen LogP contribution in [0, 0.1) is 11.3 Å². The molecule has 0 bridgehead atoms. The van der Waals surface area contributed by atoms with E-state index in [0.717, 1.165) is 12.5 Å². The number of aromatic nitrogens is 1. The zero-order valence-electron chi connectivity index (χ0n) is 10.9. The molecule has 0 aliphatic heterocycles. The second-order valence-electron chi connectivity index (χ2n) is 5.35. The quantitative estimate of drug-likeness (QED) is 0.813. The minimum Gasteiger partial charge on any atom is -0.478 e. The summed E-state index contributed by atoms with van der Waals surface area (Å²) in [5.41, 5.74) is 0.570. The number of carboxylic acid groups (broad SMARTS) is 1. The third-order valence-electron chi connectivity index (χ3n) is 3.25. The number of carbonyl (C=O) groups is 2. The van der Waals surface area contributed by atoms with Crippen LogP contribution in [0.1, 0.15) is 26.0 Å². The monoisotopic (exact) mass is 260 g/mol. The predicted molar refractivity (Wildman–Crippen MR) is 71.4 cm³/mol. The van der Waals surface area contributed by atoms with Gasteiger partial charge in [0.05, 0.1) is 5.69 Å².